The Morgan fingerprint density at radius 3 is 3.00 bits per heavy atom. The molecule has 0 radical (unpaired) electrons. The van der Waals surface area contributed by atoms with E-state index in [1.165, 1.54) is 4.88 Å². The molecule has 2 heterocycles. The molecule has 0 aromatic carbocycles. The molecular formula is C11H14N2OS. The highest BCUT2D eigenvalue weighted by atomic mass is 32.1. The molecule has 0 spiro atoms. The van der Waals surface area contributed by atoms with E-state index in [1.54, 1.807) is 11.3 Å². The zero-order valence-corrected chi connectivity index (χ0v) is 9.73. The Bertz CT molecular complexity index is 433. The number of hydrogen-bond acceptors (Lipinski definition) is 4. The molecule has 0 fully saturated rings. The molecule has 0 aliphatic carbocycles. The Labute approximate surface area is 93.1 Å². The van der Waals surface area contributed by atoms with E-state index >= 15 is 0 Å². The molecular weight excluding hydrogens is 208 g/mol. The van der Waals surface area contributed by atoms with Gasteiger partial charge in [-0.3, -0.25) is 0 Å². The van der Waals surface area contributed by atoms with Crippen LogP contribution in [-0.4, -0.2) is 11.7 Å². The van der Waals surface area contributed by atoms with E-state index in [9.17, 15) is 0 Å². The van der Waals surface area contributed by atoms with Crippen molar-refractivity contribution in [2.24, 2.45) is 0 Å². The van der Waals surface area contributed by atoms with Crippen molar-refractivity contribution < 1.29 is 4.52 Å². The summed E-state index contributed by atoms with van der Waals surface area (Å²) in [7, 11) is 0. The second-order valence-corrected chi connectivity index (χ2v) is 4.66. The summed E-state index contributed by atoms with van der Waals surface area (Å²) < 4.78 is 5.28. The maximum atomic E-state index is 5.28. The normalized spacial score (nSPS) is 10.8. The monoisotopic (exact) mass is 222 g/mol. The van der Waals surface area contributed by atoms with Gasteiger partial charge in [0.1, 0.15) is 0 Å². The van der Waals surface area contributed by atoms with Crippen LogP contribution in [0.4, 0.5) is 0 Å². The maximum Gasteiger partial charge on any atom is 0.177 e. The minimum atomic E-state index is 0.768. The fraction of sp³-hybridized carbons (Fsp3) is 0.364. The second kappa shape index (κ2) is 4.59. The molecule has 0 aliphatic heterocycles. The van der Waals surface area contributed by atoms with Crippen molar-refractivity contribution in [1.82, 2.24) is 10.5 Å². The zero-order valence-electron chi connectivity index (χ0n) is 8.91. The van der Waals surface area contributed by atoms with Gasteiger partial charge in [0.25, 0.3) is 0 Å². The predicted molar refractivity (Wildman–Crippen MR) is 61.9 cm³/mol. The molecule has 0 saturated carbocycles. The minimum Gasteiger partial charge on any atom is -0.355 e. The van der Waals surface area contributed by atoms with Gasteiger partial charge in [0, 0.05) is 17.5 Å². The molecule has 80 valence electrons. The van der Waals surface area contributed by atoms with Crippen molar-refractivity contribution in [1.29, 1.82) is 0 Å². The summed E-state index contributed by atoms with van der Waals surface area (Å²) in [6, 6.07) is 6.15. The van der Waals surface area contributed by atoms with E-state index < -0.39 is 0 Å². The van der Waals surface area contributed by atoms with Gasteiger partial charge in [-0.05, 0) is 25.6 Å². The van der Waals surface area contributed by atoms with Crippen LogP contribution < -0.4 is 5.32 Å². The first-order chi connectivity index (χ1) is 7.29. The molecule has 15 heavy (non-hydrogen) atoms. The molecule has 0 unspecified atom stereocenters. The lowest BCUT2D eigenvalue weighted by atomic mass is 10.3. The average molecular weight is 222 g/mol. The van der Waals surface area contributed by atoms with Gasteiger partial charge >= 0.3 is 0 Å². The first-order valence-corrected chi connectivity index (χ1v) is 5.84. The van der Waals surface area contributed by atoms with Crippen molar-refractivity contribution in [2.45, 2.75) is 20.4 Å². The zero-order chi connectivity index (χ0) is 10.7. The predicted octanol–water partition coefficient (Wildman–Crippen LogP) is 2.82. The molecule has 0 saturated heterocycles. The highest BCUT2D eigenvalue weighted by Gasteiger charge is 2.07. The first kappa shape index (κ1) is 10.4. The molecule has 0 amide bonds. The molecule has 2 rings (SSSR count). The third-order valence-corrected chi connectivity index (χ3v) is 3.11. The lowest BCUT2D eigenvalue weighted by Gasteiger charge is -1.93. The van der Waals surface area contributed by atoms with Crippen LogP contribution in [0.25, 0.3) is 10.6 Å². The van der Waals surface area contributed by atoms with E-state index in [1.807, 2.05) is 6.07 Å². The van der Waals surface area contributed by atoms with Crippen LogP contribution in [0.1, 0.15) is 17.5 Å². The van der Waals surface area contributed by atoms with Crippen LogP contribution in [0.15, 0.2) is 22.7 Å². The lowest BCUT2D eigenvalue weighted by molar-refractivity contribution is 0.421. The van der Waals surface area contributed by atoms with Crippen molar-refractivity contribution in [2.75, 3.05) is 6.54 Å². The summed E-state index contributed by atoms with van der Waals surface area (Å²) in [4.78, 5) is 2.43. The van der Waals surface area contributed by atoms with Crippen LogP contribution in [0.5, 0.6) is 0 Å². The average Bonchev–Trinajstić information content (AvgIpc) is 2.83. The topological polar surface area (TPSA) is 38.1 Å². The highest BCUT2D eigenvalue weighted by Crippen LogP contribution is 2.27. The summed E-state index contributed by atoms with van der Waals surface area (Å²) in [5.41, 5.74) is 0.956. The molecule has 0 atom stereocenters. The standard InChI is InChI=1S/C11H14N2OS/c1-3-12-7-9-6-10(14-13-9)11-5-4-8(2)15-11/h4-6,12H,3,7H2,1-2H3. The Morgan fingerprint density at radius 2 is 2.33 bits per heavy atom. The van der Waals surface area contributed by atoms with Gasteiger partial charge in [0.05, 0.1) is 10.6 Å². The molecule has 0 bridgehead atoms. The quantitative estimate of drug-likeness (QED) is 0.864. The smallest absolute Gasteiger partial charge is 0.177 e. The Kier molecular flexibility index (Phi) is 3.18. The fourth-order valence-corrected chi connectivity index (χ4v) is 2.15. The van der Waals surface area contributed by atoms with Gasteiger partial charge < -0.3 is 9.84 Å². The largest absolute Gasteiger partial charge is 0.355 e. The van der Waals surface area contributed by atoms with Crippen molar-refractivity contribution in [3.8, 4) is 10.6 Å². The number of aryl methyl sites for hydroxylation is 1. The Hall–Kier alpha value is -1.13. The van der Waals surface area contributed by atoms with Gasteiger partial charge in [-0.25, -0.2) is 0 Å². The Balaban J connectivity index is 2.13. The first-order valence-electron chi connectivity index (χ1n) is 5.02. The summed E-state index contributed by atoms with van der Waals surface area (Å²) in [6.07, 6.45) is 0. The van der Waals surface area contributed by atoms with Crippen LogP contribution in [-0.2, 0) is 6.54 Å². The summed E-state index contributed by atoms with van der Waals surface area (Å²) >= 11 is 1.72. The second-order valence-electron chi connectivity index (χ2n) is 3.37. The summed E-state index contributed by atoms with van der Waals surface area (Å²) in [5, 5.41) is 7.22. The number of hydrogen-bond donors (Lipinski definition) is 1. The number of thiophene rings is 1. The van der Waals surface area contributed by atoms with Crippen molar-refractivity contribution in [3.05, 3.63) is 28.8 Å². The third kappa shape index (κ3) is 2.46. The van der Waals surface area contributed by atoms with E-state index in [4.69, 9.17) is 4.52 Å². The van der Waals surface area contributed by atoms with Crippen molar-refractivity contribution >= 4 is 11.3 Å². The molecule has 0 aliphatic rings. The van der Waals surface area contributed by atoms with Gasteiger partial charge in [-0.15, -0.1) is 11.3 Å². The SMILES string of the molecule is CCNCc1cc(-c2ccc(C)s2)on1. The fourth-order valence-electron chi connectivity index (χ4n) is 1.33. The minimum absolute atomic E-state index is 0.768. The van der Waals surface area contributed by atoms with Crippen LogP contribution in [0.2, 0.25) is 0 Å². The number of aromatic nitrogens is 1. The molecule has 4 heteroatoms. The number of nitrogens with one attached hydrogen (secondary N) is 1. The van der Waals surface area contributed by atoms with Crippen LogP contribution in [0.3, 0.4) is 0 Å². The van der Waals surface area contributed by atoms with Gasteiger partial charge in [-0.2, -0.15) is 0 Å². The van der Waals surface area contributed by atoms with Crippen LogP contribution in [0, 0.1) is 6.92 Å². The summed E-state index contributed by atoms with van der Waals surface area (Å²) in [5.74, 6) is 0.862. The van der Waals surface area contributed by atoms with Gasteiger partial charge in [0.2, 0.25) is 0 Å². The van der Waals surface area contributed by atoms with E-state index in [0.717, 1.165) is 29.4 Å². The third-order valence-electron chi connectivity index (χ3n) is 2.10. The molecule has 2 aromatic heterocycles. The number of rotatable bonds is 4. The van der Waals surface area contributed by atoms with Gasteiger partial charge in [0.15, 0.2) is 5.76 Å². The molecule has 2 aromatic rings. The lowest BCUT2D eigenvalue weighted by Crippen LogP contribution is -2.11. The maximum absolute atomic E-state index is 5.28. The van der Waals surface area contributed by atoms with Crippen LogP contribution >= 0.6 is 11.3 Å². The summed E-state index contributed by atoms with van der Waals surface area (Å²) in [6.45, 7) is 5.87. The van der Waals surface area contributed by atoms with E-state index in [0.29, 0.717) is 0 Å². The van der Waals surface area contributed by atoms with Crippen molar-refractivity contribution in [3.63, 3.8) is 0 Å². The Morgan fingerprint density at radius 1 is 1.47 bits per heavy atom. The highest BCUT2D eigenvalue weighted by molar-refractivity contribution is 7.15. The van der Waals surface area contributed by atoms with Gasteiger partial charge in [-0.1, -0.05) is 12.1 Å². The number of nitrogens with zero attached hydrogens (tertiary/aromatic N) is 1. The van der Waals surface area contributed by atoms with E-state index in [-0.39, 0.29) is 0 Å². The van der Waals surface area contributed by atoms with E-state index in [2.05, 4.69) is 36.5 Å². The molecule has 3 nitrogen and oxygen atoms in total. The molecule has 1 N–H and O–H groups in total.